The van der Waals surface area contributed by atoms with E-state index in [0.717, 1.165) is 4.47 Å². The Kier molecular flexibility index (Phi) is 4.63. The normalized spacial score (nSPS) is 10.6. The molecule has 0 bridgehead atoms. The Labute approximate surface area is 117 Å². The van der Waals surface area contributed by atoms with Gasteiger partial charge in [-0.1, -0.05) is 18.2 Å². The van der Waals surface area contributed by atoms with Crippen LogP contribution in [0.25, 0.3) is 0 Å². The van der Waals surface area contributed by atoms with Gasteiger partial charge in [-0.2, -0.15) is 0 Å². The molecule has 0 fully saturated rings. The first-order valence-electron chi connectivity index (χ1n) is 5.26. The van der Waals surface area contributed by atoms with Crippen molar-refractivity contribution in [1.82, 2.24) is 0 Å². The molecule has 94 valence electrons. The zero-order chi connectivity index (χ0) is 13.0. The molecular weight excluding hydrogens is 319 g/mol. The lowest BCUT2D eigenvalue weighted by Gasteiger charge is -2.04. The van der Waals surface area contributed by atoms with Crippen molar-refractivity contribution < 1.29 is 13.9 Å². The summed E-state index contributed by atoms with van der Waals surface area (Å²) in [6.45, 7) is 0.0505. The molecule has 5 heteroatoms. The zero-order valence-corrected chi connectivity index (χ0v) is 11.8. The Morgan fingerprint density at radius 1 is 1.33 bits per heavy atom. The minimum atomic E-state index is -0.317. The summed E-state index contributed by atoms with van der Waals surface area (Å²) in [5.74, 6) is -0.421. The van der Waals surface area contributed by atoms with E-state index in [2.05, 4.69) is 15.9 Å². The van der Waals surface area contributed by atoms with Crippen LogP contribution in [0.4, 0.5) is 4.39 Å². The Morgan fingerprint density at radius 2 is 2.11 bits per heavy atom. The highest BCUT2D eigenvalue weighted by atomic mass is 79.9. The van der Waals surface area contributed by atoms with Crippen LogP contribution in [0.15, 0.2) is 40.2 Å². The van der Waals surface area contributed by atoms with Crippen molar-refractivity contribution in [1.29, 1.82) is 0 Å². The highest BCUT2D eigenvalue weighted by Crippen LogP contribution is 2.23. The second-order valence-electron chi connectivity index (χ2n) is 3.61. The Balaban J connectivity index is 1.88. The fourth-order valence-corrected chi connectivity index (χ4v) is 2.95. The van der Waals surface area contributed by atoms with Gasteiger partial charge in [0, 0.05) is 10.0 Å². The molecule has 1 aromatic carbocycles. The van der Waals surface area contributed by atoms with Crippen molar-refractivity contribution in [3.05, 3.63) is 56.4 Å². The molecule has 1 aromatic heterocycles. The van der Waals surface area contributed by atoms with Crippen LogP contribution in [0, 0.1) is 5.82 Å². The number of hydrogen-bond acceptors (Lipinski definition) is 3. The van der Waals surface area contributed by atoms with Gasteiger partial charge in [0.05, 0.1) is 11.5 Å². The molecule has 2 aromatic rings. The first-order valence-corrected chi connectivity index (χ1v) is 6.93. The molecule has 0 saturated carbocycles. The Hall–Kier alpha value is -1.04. The van der Waals surface area contributed by atoms with Crippen LogP contribution in [-0.2, 0) is 11.3 Å². The SMILES string of the molecule is O=C(COCc1ccccc1F)c1sccc1Br. The van der Waals surface area contributed by atoms with Crippen molar-refractivity contribution in [2.45, 2.75) is 6.61 Å². The standard InChI is InChI=1S/C13H10BrFO2S/c14-10-5-6-18-13(10)12(16)8-17-7-9-3-1-2-4-11(9)15/h1-6H,7-8H2. The van der Waals surface area contributed by atoms with Crippen LogP contribution in [0.5, 0.6) is 0 Å². The van der Waals surface area contributed by atoms with Gasteiger partial charge in [-0.15, -0.1) is 11.3 Å². The Bertz CT molecular complexity index is 553. The number of ketones is 1. The minimum absolute atomic E-state index is 0.0482. The summed E-state index contributed by atoms with van der Waals surface area (Å²) in [4.78, 5) is 12.4. The second-order valence-corrected chi connectivity index (χ2v) is 5.38. The molecule has 0 aliphatic rings. The predicted octanol–water partition coefficient (Wildman–Crippen LogP) is 4.05. The van der Waals surface area contributed by atoms with Crippen LogP contribution >= 0.6 is 27.3 Å². The van der Waals surface area contributed by atoms with Crippen LogP contribution < -0.4 is 0 Å². The molecule has 2 nitrogen and oxygen atoms in total. The molecule has 0 unspecified atom stereocenters. The molecule has 2 rings (SSSR count). The first kappa shape index (κ1) is 13.4. The average Bonchev–Trinajstić information content (AvgIpc) is 2.78. The molecule has 0 spiro atoms. The maximum absolute atomic E-state index is 13.3. The number of carbonyl (C=O) groups is 1. The fraction of sp³-hybridized carbons (Fsp3) is 0.154. The van der Waals surface area contributed by atoms with E-state index < -0.39 is 0 Å². The number of Topliss-reactive ketones (excluding diaryl/α,β-unsaturated/α-hetero) is 1. The molecular formula is C13H10BrFO2S. The Morgan fingerprint density at radius 3 is 2.78 bits per heavy atom. The summed E-state index contributed by atoms with van der Waals surface area (Å²) in [7, 11) is 0. The summed E-state index contributed by atoms with van der Waals surface area (Å²) in [6, 6.07) is 8.18. The van der Waals surface area contributed by atoms with Crippen LogP contribution in [0.1, 0.15) is 15.2 Å². The zero-order valence-electron chi connectivity index (χ0n) is 9.36. The summed E-state index contributed by atoms with van der Waals surface area (Å²) >= 11 is 4.65. The lowest BCUT2D eigenvalue weighted by Crippen LogP contribution is -2.08. The number of halogens is 2. The van der Waals surface area contributed by atoms with Crippen molar-refractivity contribution in [2.24, 2.45) is 0 Å². The predicted molar refractivity (Wildman–Crippen MR) is 72.4 cm³/mol. The maximum Gasteiger partial charge on any atom is 0.199 e. The molecule has 18 heavy (non-hydrogen) atoms. The molecule has 1 heterocycles. The summed E-state index contributed by atoms with van der Waals surface area (Å²) in [6.07, 6.45) is 0. The monoisotopic (exact) mass is 328 g/mol. The van der Waals surface area contributed by atoms with Gasteiger partial charge in [-0.3, -0.25) is 4.79 Å². The van der Waals surface area contributed by atoms with Gasteiger partial charge < -0.3 is 4.74 Å². The van der Waals surface area contributed by atoms with Crippen molar-refractivity contribution >= 4 is 33.0 Å². The first-order chi connectivity index (χ1) is 8.68. The quantitative estimate of drug-likeness (QED) is 0.774. The highest BCUT2D eigenvalue weighted by Gasteiger charge is 2.12. The van der Waals surface area contributed by atoms with Crippen LogP contribution in [0.2, 0.25) is 0 Å². The maximum atomic E-state index is 13.3. The molecule has 0 N–H and O–H groups in total. The van der Waals surface area contributed by atoms with Crippen molar-refractivity contribution in [3.63, 3.8) is 0 Å². The van der Waals surface area contributed by atoms with Gasteiger partial charge in [0.2, 0.25) is 0 Å². The number of carbonyl (C=O) groups excluding carboxylic acids is 1. The van der Waals surface area contributed by atoms with Gasteiger partial charge >= 0.3 is 0 Å². The van der Waals surface area contributed by atoms with E-state index in [1.54, 1.807) is 18.2 Å². The largest absolute Gasteiger partial charge is 0.368 e. The lowest BCUT2D eigenvalue weighted by atomic mass is 10.2. The third-order valence-electron chi connectivity index (χ3n) is 2.32. The van der Waals surface area contributed by atoms with E-state index in [1.165, 1.54) is 17.4 Å². The summed E-state index contributed by atoms with van der Waals surface area (Å²) in [5.41, 5.74) is 0.454. The fourth-order valence-electron chi connectivity index (χ4n) is 1.43. The van der Waals surface area contributed by atoms with E-state index >= 15 is 0 Å². The number of hydrogen-bond donors (Lipinski definition) is 0. The van der Waals surface area contributed by atoms with Crippen LogP contribution in [-0.4, -0.2) is 12.4 Å². The number of rotatable bonds is 5. The third-order valence-corrected chi connectivity index (χ3v) is 4.20. The van der Waals surface area contributed by atoms with Gasteiger partial charge in [-0.05, 0) is 33.4 Å². The van der Waals surface area contributed by atoms with E-state index in [-0.39, 0.29) is 24.8 Å². The summed E-state index contributed by atoms with van der Waals surface area (Å²) in [5, 5.41) is 1.83. The average molecular weight is 329 g/mol. The smallest absolute Gasteiger partial charge is 0.199 e. The molecule has 0 aliphatic heterocycles. The molecule has 0 atom stereocenters. The lowest BCUT2D eigenvalue weighted by molar-refractivity contribution is 0.0724. The van der Waals surface area contributed by atoms with Crippen molar-refractivity contribution in [2.75, 3.05) is 6.61 Å². The van der Waals surface area contributed by atoms with Gasteiger partial charge in [0.1, 0.15) is 12.4 Å². The molecule has 0 aliphatic carbocycles. The van der Waals surface area contributed by atoms with E-state index in [9.17, 15) is 9.18 Å². The topological polar surface area (TPSA) is 26.3 Å². The highest BCUT2D eigenvalue weighted by molar-refractivity contribution is 9.10. The van der Waals surface area contributed by atoms with Crippen LogP contribution in [0.3, 0.4) is 0 Å². The van der Waals surface area contributed by atoms with Gasteiger partial charge in [0.25, 0.3) is 0 Å². The van der Waals surface area contributed by atoms with Crippen molar-refractivity contribution in [3.8, 4) is 0 Å². The van der Waals surface area contributed by atoms with E-state index in [4.69, 9.17) is 4.74 Å². The van der Waals surface area contributed by atoms with E-state index in [1.807, 2.05) is 11.4 Å². The van der Waals surface area contributed by atoms with E-state index in [0.29, 0.717) is 10.4 Å². The molecule has 0 amide bonds. The number of benzene rings is 1. The van der Waals surface area contributed by atoms with Gasteiger partial charge in [-0.25, -0.2) is 4.39 Å². The number of thiophene rings is 1. The second kappa shape index (κ2) is 6.22. The van der Waals surface area contributed by atoms with Gasteiger partial charge in [0.15, 0.2) is 5.78 Å². The third kappa shape index (κ3) is 3.25. The number of ether oxygens (including phenoxy) is 1. The summed E-state index contributed by atoms with van der Waals surface area (Å²) < 4.78 is 19.3. The minimum Gasteiger partial charge on any atom is -0.368 e. The molecule has 0 radical (unpaired) electrons. The molecule has 0 saturated heterocycles.